The van der Waals surface area contributed by atoms with Crippen LogP contribution in [0.1, 0.15) is 63.7 Å². The average Bonchev–Trinajstić information content (AvgIpc) is 2.76. The predicted octanol–water partition coefficient (Wildman–Crippen LogP) is 2.99. The molecule has 2 N–H and O–H groups in total. The highest BCUT2D eigenvalue weighted by atomic mass is 16.5. The van der Waals surface area contributed by atoms with Crippen molar-refractivity contribution >= 4 is 17.7 Å². The standard InChI is InChI=1S/C24H37N3O4/c1-6-17(4)25-24(30)22(26-23(29)19-8-7-9-20(15-19)31-5)18-10-12-27(13-11-18)21(28)14-16(2)3/h7-9,15-18,22H,6,10-14H2,1-5H3,(H,25,30)(H,26,29)/t17-,22+/m1/s1. The minimum Gasteiger partial charge on any atom is -0.497 e. The number of carbonyl (C=O) groups is 3. The van der Waals surface area contributed by atoms with E-state index in [2.05, 4.69) is 10.6 Å². The van der Waals surface area contributed by atoms with Gasteiger partial charge in [0.2, 0.25) is 11.8 Å². The lowest BCUT2D eigenvalue weighted by Gasteiger charge is -2.36. The van der Waals surface area contributed by atoms with Crippen LogP contribution in [0.5, 0.6) is 5.75 Å². The molecule has 0 saturated carbocycles. The van der Waals surface area contributed by atoms with Gasteiger partial charge in [-0.05, 0) is 56.2 Å². The van der Waals surface area contributed by atoms with Crippen LogP contribution in [-0.4, -0.2) is 54.9 Å². The smallest absolute Gasteiger partial charge is 0.252 e. The summed E-state index contributed by atoms with van der Waals surface area (Å²) in [4.78, 5) is 40.2. The molecule has 7 heteroatoms. The normalized spacial score (nSPS) is 16.5. The van der Waals surface area contributed by atoms with Gasteiger partial charge in [-0.15, -0.1) is 0 Å². The van der Waals surface area contributed by atoms with Crippen molar-refractivity contribution in [2.45, 2.75) is 65.5 Å². The summed E-state index contributed by atoms with van der Waals surface area (Å²) in [5.74, 6) is 0.571. The molecule has 2 rings (SSSR count). The largest absolute Gasteiger partial charge is 0.497 e. The maximum atomic E-state index is 13.0. The number of amides is 3. The molecule has 172 valence electrons. The van der Waals surface area contributed by atoms with Gasteiger partial charge in [0, 0.05) is 31.1 Å². The molecule has 0 bridgehead atoms. The lowest BCUT2D eigenvalue weighted by molar-refractivity contribution is -0.133. The molecule has 1 saturated heterocycles. The van der Waals surface area contributed by atoms with Gasteiger partial charge in [0.05, 0.1) is 7.11 Å². The van der Waals surface area contributed by atoms with Gasteiger partial charge in [0.25, 0.3) is 5.91 Å². The molecule has 1 aromatic rings. The van der Waals surface area contributed by atoms with Gasteiger partial charge in [-0.3, -0.25) is 14.4 Å². The van der Waals surface area contributed by atoms with Crippen LogP contribution in [0, 0.1) is 11.8 Å². The highest BCUT2D eigenvalue weighted by Crippen LogP contribution is 2.23. The number of likely N-dealkylation sites (tertiary alicyclic amines) is 1. The van der Waals surface area contributed by atoms with Gasteiger partial charge in [-0.1, -0.05) is 26.8 Å². The van der Waals surface area contributed by atoms with E-state index in [0.29, 0.717) is 49.6 Å². The molecule has 0 aliphatic carbocycles. The Balaban J connectivity index is 2.11. The summed E-state index contributed by atoms with van der Waals surface area (Å²) in [6.07, 6.45) is 2.71. The summed E-state index contributed by atoms with van der Waals surface area (Å²) in [6.45, 7) is 9.25. The maximum absolute atomic E-state index is 13.0. The van der Waals surface area contributed by atoms with Gasteiger partial charge in [0.1, 0.15) is 11.8 Å². The molecule has 1 fully saturated rings. The third-order valence-electron chi connectivity index (χ3n) is 5.85. The predicted molar refractivity (Wildman–Crippen MR) is 121 cm³/mol. The lowest BCUT2D eigenvalue weighted by Crippen LogP contribution is -2.55. The highest BCUT2D eigenvalue weighted by molar-refractivity contribution is 5.98. The fourth-order valence-electron chi connectivity index (χ4n) is 3.78. The Morgan fingerprint density at radius 3 is 2.39 bits per heavy atom. The Morgan fingerprint density at radius 1 is 1.13 bits per heavy atom. The maximum Gasteiger partial charge on any atom is 0.252 e. The molecule has 1 aliphatic heterocycles. The molecule has 0 spiro atoms. The van der Waals surface area contributed by atoms with Gasteiger partial charge in [0.15, 0.2) is 0 Å². The van der Waals surface area contributed by atoms with Crippen LogP contribution in [-0.2, 0) is 9.59 Å². The molecule has 0 radical (unpaired) electrons. The Kier molecular flexibility index (Phi) is 9.34. The first-order valence-corrected chi connectivity index (χ1v) is 11.3. The number of carbonyl (C=O) groups excluding carboxylic acids is 3. The summed E-state index contributed by atoms with van der Waals surface area (Å²) in [6, 6.07) is 6.27. The summed E-state index contributed by atoms with van der Waals surface area (Å²) in [7, 11) is 1.55. The number of methoxy groups -OCH3 is 1. The zero-order chi connectivity index (χ0) is 23.0. The first-order valence-electron chi connectivity index (χ1n) is 11.3. The Labute approximate surface area is 185 Å². The third-order valence-corrected chi connectivity index (χ3v) is 5.85. The van der Waals surface area contributed by atoms with Crippen LogP contribution >= 0.6 is 0 Å². The second-order valence-corrected chi connectivity index (χ2v) is 8.82. The Bertz CT molecular complexity index is 757. The van der Waals surface area contributed by atoms with Crippen molar-refractivity contribution in [2.24, 2.45) is 11.8 Å². The number of rotatable bonds is 9. The minimum absolute atomic E-state index is 0.0245. The molecular weight excluding hydrogens is 394 g/mol. The average molecular weight is 432 g/mol. The van der Waals surface area contributed by atoms with Crippen molar-refractivity contribution in [1.29, 1.82) is 0 Å². The number of hydrogen-bond acceptors (Lipinski definition) is 4. The number of piperidine rings is 1. The molecular formula is C24H37N3O4. The van der Waals surface area contributed by atoms with Crippen molar-refractivity contribution in [3.63, 3.8) is 0 Å². The van der Waals surface area contributed by atoms with Crippen LogP contribution in [0.3, 0.4) is 0 Å². The van der Waals surface area contributed by atoms with E-state index in [1.54, 1.807) is 31.4 Å². The first kappa shape index (κ1) is 24.7. The molecule has 1 heterocycles. The monoisotopic (exact) mass is 431 g/mol. The molecule has 2 atom stereocenters. The molecule has 1 aliphatic rings. The summed E-state index contributed by atoms with van der Waals surface area (Å²) >= 11 is 0. The minimum atomic E-state index is -0.643. The molecule has 0 aromatic heterocycles. The first-order chi connectivity index (χ1) is 14.7. The second-order valence-electron chi connectivity index (χ2n) is 8.82. The number of ether oxygens (including phenoxy) is 1. The van der Waals surface area contributed by atoms with Crippen molar-refractivity contribution in [1.82, 2.24) is 15.5 Å². The SMILES string of the molecule is CC[C@@H](C)NC(=O)[C@@H](NC(=O)c1cccc(OC)c1)C1CCN(C(=O)CC(C)C)CC1. The topological polar surface area (TPSA) is 87.7 Å². The fourth-order valence-corrected chi connectivity index (χ4v) is 3.78. The molecule has 1 aromatic carbocycles. The van der Waals surface area contributed by atoms with Gasteiger partial charge in [-0.2, -0.15) is 0 Å². The summed E-state index contributed by atoms with van der Waals surface area (Å²) in [5.41, 5.74) is 0.449. The number of nitrogens with one attached hydrogen (secondary N) is 2. The number of nitrogens with zero attached hydrogens (tertiary/aromatic N) is 1. The van der Waals surface area contributed by atoms with E-state index in [1.807, 2.05) is 32.6 Å². The van der Waals surface area contributed by atoms with E-state index in [-0.39, 0.29) is 29.7 Å². The van der Waals surface area contributed by atoms with Crippen molar-refractivity contribution in [3.05, 3.63) is 29.8 Å². The van der Waals surface area contributed by atoms with Crippen LogP contribution in [0.15, 0.2) is 24.3 Å². The van der Waals surface area contributed by atoms with Gasteiger partial charge < -0.3 is 20.3 Å². The van der Waals surface area contributed by atoms with Crippen LogP contribution in [0.4, 0.5) is 0 Å². The Hall–Kier alpha value is -2.57. The zero-order valence-electron chi connectivity index (χ0n) is 19.4. The molecule has 0 unspecified atom stereocenters. The van der Waals surface area contributed by atoms with Gasteiger partial charge >= 0.3 is 0 Å². The van der Waals surface area contributed by atoms with E-state index in [4.69, 9.17) is 4.74 Å². The van der Waals surface area contributed by atoms with E-state index in [1.165, 1.54) is 0 Å². The fraction of sp³-hybridized carbons (Fsp3) is 0.625. The van der Waals surface area contributed by atoms with E-state index >= 15 is 0 Å². The Morgan fingerprint density at radius 2 is 1.81 bits per heavy atom. The summed E-state index contributed by atoms with van der Waals surface area (Å²) < 4.78 is 5.21. The quantitative estimate of drug-likeness (QED) is 0.629. The summed E-state index contributed by atoms with van der Waals surface area (Å²) in [5, 5.41) is 5.96. The second kappa shape index (κ2) is 11.7. The third kappa shape index (κ3) is 7.26. The van der Waals surface area contributed by atoms with Crippen molar-refractivity contribution in [2.75, 3.05) is 20.2 Å². The van der Waals surface area contributed by atoms with Crippen LogP contribution < -0.4 is 15.4 Å². The number of hydrogen-bond donors (Lipinski definition) is 2. The molecule has 31 heavy (non-hydrogen) atoms. The van der Waals surface area contributed by atoms with Crippen LogP contribution in [0.25, 0.3) is 0 Å². The molecule has 3 amide bonds. The van der Waals surface area contributed by atoms with Gasteiger partial charge in [-0.25, -0.2) is 0 Å². The van der Waals surface area contributed by atoms with E-state index in [0.717, 1.165) is 6.42 Å². The highest BCUT2D eigenvalue weighted by Gasteiger charge is 2.34. The van der Waals surface area contributed by atoms with Crippen molar-refractivity contribution in [3.8, 4) is 5.75 Å². The van der Waals surface area contributed by atoms with E-state index in [9.17, 15) is 14.4 Å². The van der Waals surface area contributed by atoms with Crippen LogP contribution in [0.2, 0.25) is 0 Å². The lowest BCUT2D eigenvalue weighted by atomic mass is 9.88. The van der Waals surface area contributed by atoms with Crippen molar-refractivity contribution < 1.29 is 19.1 Å². The molecule has 7 nitrogen and oxygen atoms in total. The number of benzene rings is 1. The zero-order valence-corrected chi connectivity index (χ0v) is 19.4. The van der Waals surface area contributed by atoms with E-state index < -0.39 is 6.04 Å².